The fraction of sp³-hybridized carbons (Fsp3) is 0.571. The lowest BCUT2D eigenvalue weighted by Gasteiger charge is -2.17. The van der Waals surface area contributed by atoms with E-state index in [0.717, 1.165) is 6.61 Å². The lowest BCUT2D eigenvalue weighted by molar-refractivity contribution is 0.0285. The summed E-state index contributed by atoms with van der Waals surface area (Å²) in [7, 11) is 0. The molecule has 1 saturated heterocycles. The van der Waals surface area contributed by atoms with Crippen LogP contribution in [0.15, 0.2) is 24.3 Å². The van der Waals surface area contributed by atoms with Crippen molar-refractivity contribution in [2.75, 3.05) is 6.61 Å². The predicted molar refractivity (Wildman–Crippen MR) is 65.2 cm³/mol. The second-order valence-electron chi connectivity index (χ2n) is 4.26. The molecule has 1 aliphatic heterocycles. The minimum Gasteiger partial charge on any atom is -0.379 e. The van der Waals surface area contributed by atoms with Crippen LogP contribution in [0.3, 0.4) is 0 Å². The SMILES string of the molecule is CC1CCCCO1.Cc1ccccc1C. The van der Waals surface area contributed by atoms with E-state index < -0.39 is 0 Å². The molecule has 2 rings (SSSR count). The average Bonchev–Trinajstić information content (AvgIpc) is 2.25. The normalized spacial score (nSPS) is 20.3. The van der Waals surface area contributed by atoms with Crippen molar-refractivity contribution in [3.63, 3.8) is 0 Å². The Morgan fingerprint density at radius 3 is 1.93 bits per heavy atom. The van der Waals surface area contributed by atoms with Crippen LogP contribution < -0.4 is 0 Å². The molecule has 0 bridgehead atoms. The van der Waals surface area contributed by atoms with E-state index in [9.17, 15) is 0 Å². The maximum Gasteiger partial charge on any atom is 0.0547 e. The van der Waals surface area contributed by atoms with Gasteiger partial charge >= 0.3 is 0 Å². The van der Waals surface area contributed by atoms with Gasteiger partial charge in [0.2, 0.25) is 0 Å². The summed E-state index contributed by atoms with van der Waals surface area (Å²) in [6.45, 7) is 7.37. The smallest absolute Gasteiger partial charge is 0.0547 e. The van der Waals surface area contributed by atoms with Crippen LogP contribution in [0, 0.1) is 13.8 Å². The van der Waals surface area contributed by atoms with E-state index in [1.165, 1.54) is 30.4 Å². The van der Waals surface area contributed by atoms with Crippen molar-refractivity contribution in [1.82, 2.24) is 0 Å². The zero-order valence-electron chi connectivity index (χ0n) is 10.1. The van der Waals surface area contributed by atoms with Crippen molar-refractivity contribution < 1.29 is 4.74 Å². The highest BCUT2D eigenvalue weighted by molar-refractivity contribution is 5.23. The summed E-state index contributed by atoms with van der Waals surface area (Å²) in [4.78, 5) is 0. The van der Waals surface area contributed by atoms with Gasteiger partial charge < -0.3 is 4.74 Å². The second kappa shape index (κ2) is 6.62. The summed E-state index contributed by atoms with van der Waals surface area (Å²) in [5.41, 5.74) is 2.74. The molecule has 0 aromatic heterocycles. The summed E-state index contributed by atoms with van der Waals surface area (Å²) >= 11 is 0. The van der Waals surface area contributed by atoms with E-state index in [2.05, 4.69) is 45.0 Å². The molecule has 0 radical (unpaired) electrons. The van der Waals surface area contributed by atoms with Crippen molar-refractivity contribution >= 4 is 0 Å². The molecule has 0 aliphatic carbocycles. The Bertz CT molecular complexity index is 253. The van der Waals surface area contributed by atoms with Crippen molar-refractivity contribution in [2.24, 2.45) is 0 Å². The Balaban J connectivity index is 0.000000151. The van der Waals surface area contributed by atoms with E-state index in [4.69, 9.17) is 4.74 Å². The van der Waals surface area contributed by atoms with Crippen LogP contribution in [0.4, 0.5) is 0 Å². The van der Waals surface area contributed by atoms with Crippen LogP contribution >= 0.6 is 0 Å². The van der Waals surface area contributed by atoms with Crippen LogP contribution in [0.2, 0.25) is 0 Å². The second-order valence-corrected chi connectivity index (χ2v) is 4.26. The van der Waals surface area contributed by atoms with Gasteiger partial charge in [-0.2, -0.15) is 0 Å². The number of rotatable bonds is 0. The summed E-state index contributed by atoms with van der Waals surface area (Å²) < 4.78 is 5.28. The van der Waals surface area contributed by atoms with Gasteiger partial charge in [0, 0.05) is 6.61 Å². The molecule has 1 aliphatic rings. The highest BCUT2D eigenvalue weighted by Crippen LogP contribution is 2.10. The quantitative estimate of drug-likeness (QED) is 0.626. The molecule has 1 unspecified atom stereocenters. The van der Waals surface area contributed by atoms with Crippen molar-refractivity contribution in [3.8, 4) is 0 Å². The molecule has 1 nitrogen and oxygen atoms in total. The molecule has 0 amide bonds. The molecule has 1 fully saturated rings. The number of hydrogen-bond acceptors (Lipinski definition) is 1. The Labute approximate surface area is 93.5 Å². The van der Waals surface area contributed by atoms with Gasteiger partial charge in [0.1, 0.15) is 0 Å². The monoisotopic (exact) mass is 206 g/mol. The first-order valence-electron chi connectivity index (χ1n) is 5.84. The van der Waals surface area contributed by atoms with Gasteiger partial charge in [-0.25, -0.2) is 0 Å². The number of ether oxygens (including phenoxy) is 1. The zero-order chi connectivity index (χ0) is 11.1. The van der Waals surface area contributed by atoms with Gasteiger partial charge in [-0.05, 0) is 51.2 Å². The molecule has 1 aromatic rings. The Hall–Kier alpha value is -0.820. The standard InChI is InChI=1S/C8H10.C6H12O/c1-7-5-3-4-6-8(7)2;1-6-4-2-3-5-7-6/h3-6H,1-2H3;6H,2-5H2,1H3. The maximum atomic E-state index is 5.28. The third-order valence-corrected chi connectivity index (χ3v) is 2.83. The van der Waals surface area contributed by atoms with Gasteiger partial charge in [0.05, 0.1) is 6.10 Å². The topological polar surface area (TPSA) is 9.23 Å². The first-order valence-corrected chi connectivity index (χ1v) is 5.84. The first-order chi connectivity index (χ1) is 7.20. The van der Waals surface area contributed by atoms with E-state index in [1.807, 2.05) is 0 Å². The molecule has 0 saturated carbocycles. The fourth-order valence-electron chi connectivity index (χ4n) is 1.56. The first kappa shape index (κ1) is 12.3. The molecule has 1 aromatic carbocycles. The molecule has 1 heteroatoms. The van der Waals surface area contributed by atoms with Crippen LogP contribution in [0.1, 0.15) is 37.3 Å². The zero-order valence-corrected chi connectivity index (χ0v) is 10.1. The van der Waals surface area contributed by atoms with Gasteiger partial charge in [0.15, 0.2) is 0 Å². The largest absolute Gasteiger partial charge is 0.379 e. The van der Waals surface area contributed by atoms with Gasteiger partial charge in [0.25, 0.3) is 0 Å². The highest BCUT2D eigenvalue weighted by Gasteiger charge is 2.05. The average molecular weight is 206 g/mol. The Morgan fingerprint density at radius 1 is 1.07 bits per heavy atom. The van der Waals surface area contributed by atoms with Gasteiger partial charge in [-0.3, -0.25) is 0 Å². The fourth-order valence-corrected chi connectivity index (χ4v) is 1.56. The van der Waals surface area contributed by atoms with Crippen LogP contribution in [0.5, 0.6) is 0 Å². The maximum absolute atomic E-state index is 5.28. The number of aryl methyl sites for hydroxylation is 2. The molecular weight excluding hydrogens is 184 g/mol. The molecular formula is C14H22O. The lowest BCUT2D eigenvalue weighted by atomic mass is 10.1. The minimum absolute atomic E-state index is 0.536. The van der Waals surface area contributed by atoms with E-state index in [1.54, 1.807) is 0 Å². The molecule has 84 valence electrons. The Kier molecular flexibility index (Phi) is 5.41. The minimum atomic E-state index is 0.536. The summed E-state index contributed by atoms with van der Waals surface area (Å²) in [5.74, 6) is 0. The van der Waals surface area contributed by atoms with Crippen molar-refractivity contribution in [3.05, 3.63) is 35.4 Å². The van der Waals surface area contributed by atoms with Crippen molar-refractivity contribution in [2.45, 2.75) is 46.1 Å². The van der Waals surface area contributed by atoms with E-state index >= 15 is 0 Å². The lowest BCUT2D eigenvalue weighted by Crippen LogP contribution is -2.14. The third kappa shape index (κ3) is 4.98. The van der Waals surface area contributed by atoms with Gasteiger partial charge in [-0.1, -0.05) is 24.3 Å². The molecule has 1 heterocycles. The van der Waals surface area contributed by atoms with Crippen LogP contribution in [0.25, 0.3) is 0 Å². The molecule has 0 spiro atoms. The van der Waals surface area contributed by atoms with Crippen LogP contribution in [-0.4, -0.2) is 12.7 Å². The molecule has 15 heavy (non-hydrogen) atoms. The Morgan fingerprint density at radius 2 is 1.67 bits per heavy atom. The van der Waals surface area contributed by atoms with Crippen LogP contribution in [-0.2, 0) is 4.74 Å². The molecule has 0 N–H and O–H groups in total. The van der Waals surface area contributed by atoms with E-state index in [0.29, 0.717) is 6.10 Å². The summed E-state index contributed by atoms with van der Waals surface area (Å²) in [6.07, 6.45) is 4.43. The number of hydrogen-bond donors (Lipinski definition) is 0. The summed E-state index contributed by atoms with van der Waals surface area (Å²) in [5, 5.41) is 0. The van der Waals surface area contributed by atoms with Crippen molar-refractivity contribution in [1.29, 1.82) is 0 Å². The summed E-state index contributed by atoms with van der Waals surface area (Å²) in [6, 6.07) is 8.36. The van der Waals surface area contributed by atoms with Gasteiger partial charge in [-0.15, -0.1) is 0 Å². The predicted octanol–water partition coefficient (Wildman–Crippen LogP) is 3.88. The highest BCUT2D eigenvalue weighted by atomic mass is 16.5. The molecule has 1 atom stereocenters. The third-order valence-electron chi connectivity index (χ3n) is 2.83. The number of benzene rings is 1. The van der Waals surface area contributed by atoms with E-state index in [-0.39, 0.29) is 0 Å².